The normalized spacial score (nSPS) is 15.1. The molecule has 0 radical (unpaired) electrons. The quantitative estimate of drug-likeness (QED) is 0.646. The fourth-order valence-electron chi connectivity index (χ4n) is 3.92. The highest BCUT2D eigenvalue weighted by molar-refractivity contribution is 5.79. The lowest BCUT2D eigenvalue weighted by Crippen LogP contribution is -2.49. The smallest absolute Gasteiger partial charge is 0.340 e. The molecule has 1 N–H and O–H groups in total. The van der Waals surface area contributed by atoms with Crippen molar-refractivity contribution < 1.29 is 18.0 Å². The molecule has 1 aliphatic heterocycles. The minimum Gasteiger partial charge on any atom is -0.340 e. The van der Waals surface area contributed by atoms with E-state index in [0.717, 1.165) is 22.2 Å². The Morgan fingerprint density at radius 2 is 1.85 bits per heavy atom. The molecular formula is C22H21F3N6O2. The van der Waals surface area contributed by atoms with Crippen molar-refractivity contribution in [3.05, 3.63) is 68.8 Å². The maximum atomic E-state index is 12.8. The fourth-order valence-corrected chi connectivity index (χ4v) is 3.92. The van der Waals surface area contributed by atoms with Gasteiger partial charge >= 0.3 is 6.18 Å². The molecule has 0 saturated carbocycles. The second-order valence-electron chi connectivity index (χ2n) is 7.97. The largest absolute Gasteiger partial charge is 0.416 e. The van der Waals surface area contributed by atoms with Gasteiger partial charge in [-0.2, -0.15) is 18.4 Å². The van der Waals surface area contributed by atoms with Crippen molar-refractivity contribution in [3.8, 4) is 6.07 Å². The molecule has 1 fully saturated rings. The number of aromatic amines is 1. The van der Waals surface area contributed by atoms with Gasteiger partial charge in [0.1, 0.15) is 11.6 Å². The van der Waals surface area contributed by atoms with Gasteiger partial charge < -0.3 is 4.90 Å². The van der Waals surface area contributed by atoms with E-state index in [9.17, 15) is 22.8 Å². The summed E-state index contributed by atoms with van der Waals surface area (Å²) in [7, 11) is 0. The summed E-state index contributed by atoms with van der Waals surface area (Å²) in [6, 6.07) is 7.05. The molecule has 0 spiro atoms. The van der Waals surface area contributed by atoms with E-state index in [4.69, 9.17) is 5.26 Å². The minimum absolute atomic E-state index is 0.0968. The molecule has 8 nitrogen and oxygen atoms in total. The number of aromatic nitrogens is 3. The third-order valence-electron chi connectivity index (χ3n) is 5.82. The van der Waals surface area contributed by atoms with E-state index in [-0.39, 0.29) is 29.1 Å². The van der Waals surface area contributed by atoms with Crippen LogP contribution < -0.4 is 5.56 Å². The summed E-state index contributed by atoms with van der Waals surface area (Å²) in [6.07, 6.45) is -3.06. The summed E-state index contributed by atoms with van der Waals surface area (Å²) in [5.74, 6) is -0.196. The van der Waals surface area contributed by atoms with Crippen LogP contribution in [0, 0.1) is 18.3 Å². The van der Waals surface area contributed by atoms with E-state index in [0.29, 0.717) is 38.4 Å². The number of carbonyl (C=O) groups excluding carboxylic acids is 1. The van der Waals surface area contributed by atoms with Crippen molar-refractivity contribution in [1.82, 2.24) is 24.4 Å². The van der Waals surface area contributed by atoms with Crippen LogP contribution in [0.4, 0.5) is 13.2 Å². The van der Waals surface area contributed by atoms with Crippen LogP contribution in [0.25, 0.3) is 5.65 Å². The number of amides is 1. The first-order chi connectivity index (χ1) is 15.7. The number of benzene rings is 1. The minimum atomic E-state index is -4.36. The van der Waals surface area contributed by atoms with Gasteiger partial charge in [0.2, 0.25) is 5.91 Å². The zero-order valence-electron chi connectivity index (χ0n) is 17.8. The van der Waals surface area contributed by atoms with Crippen molar-refractivity contribution in [2.24, 2.45) is 0 Å². The Labute approximate surface area is 186 Å². The number of alkyl halides is 3. The molecular weight excluding hydrogens is 437 g/mol. The maximum Gasteiger partial charge on any atom is 0.416 e. The number of hydrogen-bond donors (Lipinski definition) is 1. The second kappa shape index (κ2) is 8.71. The second-order valence-corrected chi connectivity index (χ2v) is 7.97. The molecule has 3 aromatic rings. The molecule has 0 atom stereocenters. The van der Waals surface area contributed by atoms with Gasteiger partial charge in [0, 0.05) is 50.2 Å². The Hall–Kier alpha value is -3.65. The Morgan fingerprint density at radius 3 is 2.45 bits per heavy atom. The van der Waals surface area contributed by atoms with Gasteiger partial charge in [0.25, 0.3) is 5.56 Å². The fraction of sp³-hybridized carbons (Fsp3) is 0.364. The number of hydrogen-bond acceptors (Lipinski definition) is 5. The molecule has 1 saturated heterocycles. The number of carbonyl (C=O) groups is 1. The topological polar surface area (TPSA) is 97.5 Å². The first-order valence-electron chi connectivity index (χ1n) is 10.3. The molecule has 4 rings (SSSR count). The van der Waals surface area contributed by atoms with E-state index in [1.165, 1.54) is 18.3 Å². The predicted molar refractivity (Wildman–Crippen MR) is 112 cm³/mol. The third-order valence-corrected chi connectivity index (χ3v) is 5.82. The molecule has 172 valence electrons. The zero-order valence-corrected chi connectivity index (χ0v) is 17.8. The van der Waals surface area contributed by atoms with Crippen molar-refractivity contribution in [3.63, 3.8) is 0 Å². The van der Waals surface area contributed by atoms with Crippen LogP contribution >= 0.6 is 0 Å². The molecule has 0 unspecified atom stereocenters. The Balaban J connectivity index is 1.37. The SMILES string of the molecule is Cc1nc2c(C#N)c[nH]n2c(=O)c1CC(=O)N1CCN(Cc2ccc(C(F)(F)F)cc2)CC1. The lowest BCUT2D eigenvalue weighted by molar-refractivity contribution is -0.137. The van der Waals surface area contributed by atoms with Crippen molar-refractivity contribution in [1.29, 1.82) is 5.26 Å². The number of aryl methyl sites for hydroxylation is 1. The van der Waals surface area contributed by atoms with Crippen LogP contribution in [-0.2, 0) is 23.9 Å². The van der Waals surface area contributed by atoms with Crippen LogP contribution in [0.2, 0.25) is 0 Å². The number of H-pyrrole nitrogens is 1. The Kier molecular flexibility index (Phi) is 5.95. The lowest BCUT2D eigenvalue weighted by atomic mass is 10.1. The molecule has 0 aliphatic carbocycles. The van der Waals surface area contributed by atoms with Crippen molar-refractivity contribution in [2.75, 3.05) is 26.2 Å². The summed E-state index contributed by atoms with van der Waals surface area (Å²) in [6.45, 7) is 4.19. The van der Waals surface area contributed by atoms with Gasteiger partial charge in [-0.3, -0.25) is 19.6 Å². The van der Waals surface area contributed by atoms with Gasteiger partial charge in [-0.05, 0) is 24.6 Å². The summed E-state index contributed by atoms with van der Waals surface area (Å²) in [4.78, 5) is 33.6. The standard InChI is InChI=1S/C22H21F3N6O2/c1-14-18(21(33)31-20(28-14)16(11-26)12-27-31)10-19(32)30-8-6-29(7-9-30)13-15-2-4-17(5-3-15)22(23,24)25/h2-5,12,27H,6-10,13H2,1H3. The average molecular weight is 458 g/mol. The molecule has 33 heavy (non-hydrogen) atoms. The van der Waals surface area contributed by atoms with Crippen LogP contribution in [-0.4, -0.2) is 56.5 Å². The van der Waals surface area contributed by atoms with Crippen LogP contribution in [0.5, 0.6) is 0 Å². The Bertz CT molecular complexity index is 1280. The summed E-state index contributed by atoms with van der Waals surface area (Å²) < 4.78 is 39.3. The van der Waals surface area contributed by atoms with Crippen LogP contribution in [0.3, 0.4) is 0 Å². The van der Waals surface area contributed by atoms with E-state index < -0.39 is 17.3 Å². The van der Waals surface area contributed by atoms with Crippen molar-refractivity contribution >= 4 is 11.6 Å². The number of nitrogens with zero attached hydrogens (tertiary/aromatic N) is 5. The molecule has 3 heterocycles. The van der Waals surface area contributed by atoms with Gasteiger partial charge in [0.15, 0.2) is 5.65 Å². The first kappa shape index (κ1) is 22.5. The first-order valence-corrected chi connectivity index (χ1v) is 10.3. The van der Waals surface area contributed by atoms with Crippen molar-refractivity contribution in [2.45, 2.75) is 26.1 Å². The molecule has 11 heteroatoms. The van der Waals surface area contributed by atoms with Gasteiger partial charge in [-0.1, -0.05) is 12.1 Å². The monoisotopic (exact) mass is 458 g/mol. The number of fused-ring (bicyclic) bond motifs is 1. The highest BCUT2D eigenvalue weighted by atomic mass is 19.4. The van der Waals surface area contributed by atoms with E-state index in [2.05, 4.69) is 15.0 Å². The third kappa shape index (κ3) is 4.61. The number of halogens is 3. The molecule has 0 bridgehead atoms. The number of nitrogens with one attached hydrogen (secondary N) is 1. The van der Waals surface area contributed by atoms with Gasteiger partial charge in [-0.25, -0.2) is 9.50 Å². The highest BCUT2D eigenvalue weighted by Gasteiger charge is 2.30. The zero-order chi connectivity index (χ0) is 23.8. The molecule has 2 aromatic heterocycles. The van der Waals surface area contributed by atoms with Gasteiger partial charge in [-0.15, -0.1) is 0 Å². The Morgan fingerprint density at radius 1 is 1.18 bits per heavy atom. The number of nitriles is 1. The maximum absolute atomic E-state index is 12.8. The molecule has 1 amide bonds. The molecule has 1 aliphatic rings. The summed E-state index contributed by atoms with van der Waals surface area (Å²) in [5.41, 5.74) is 0.845. The summed E-state index contributed by atoms with van der Waals surface area (Å²) >= 11 is 0. The van der Waals surface area contributed by atoms with E-state index in [1.54, 1.807) is 11.8 Å². The van der Waals surface area contributed by atoms with E-state index in [1.807, 2.05) is 6.07 Å². The lowest BCUT2D eigenvalue weighted by Gasteiger charge is -2.35. The number of rotatable bonds is 4. The highest BCUT2D eigenvalue weighted by Crippen LogP contribution is 2.29. The van der Waals surface area contributed by atoms with E-state index >= 15 is 0 Å². The number of piperazine rings is 1. The predicted octanol–water partition coefficient (Wildman–Crippen LogP) is 2.11. The summed E-state index contributed by atoms with van der Waals surface area (Å²) in [5, 5.41) is 11.8. The van der Waals surface area contributed by atoms with Crippen LogP contribution in [0.15, 0.2) is 35.3 Å². The van der Waals surface area contributed by atoms with Gasteiger partial charge in [0.05, 0.1) is 12.0 Å². The molecule has 1 aromatic carbocycles. The average Bonchev–Trinajstić information content (AvgIpc) is 3.19. The van der Waals surface area contributed by atoms with Crippen LogP contribution in [0.1, 0.15) is 27.9 Å².